The van der Waals surface area contributed by atoms with Gasteiger partial charge >= 0.3 is 6.18 Å². The Morgan fingerprint density at radius 3 is 2.35 bits per heavy atom. The molecule has 1 nitrogen and oxygen atoms in total. The van der Waals surface area contributed by atoms with E-state index in [1.165, 1.54) is 12.1 Å². The van der Waals surface area contributed by atoms with E-state index in [2.05, 4.69) is 0 Å². The fourth-order valence-corrected chi connectivity index (χ4v) is 1.73. The molecule has 0 amide bonds. The van der Waals surface area contributed by atoms with Gasteiger partial charge in [-0.3, -0.25) is 0 Å². The van der Waals surface area contributed by atoms with E-state index in [4.69, 9.17) is 5.73 Å². The summed E-state index contributed by atoms with van der Waals surface area (Å²) in [7, 11) is 0. The Bertz CT molecular complexity index is 334. The van der Waals surface area contributed by atoms with Crippen LogP contribution in [0.3, 0.4) is 0 Å². The lowest BCUT2D eigenvalue weighted by molar-refractivity contribution is -0.137. The van der Waals surface area contributed by atoms with Crippen molar-refractivity contribution >= 4 is 0 Å². The third-order valence-electron chi connectivity index (χ3n) is 2.67. The van der Waals surface area contributed by atoms with Crippen molar-refractivity contribution in [2.45, 2.75) is 38.3 Å². The average Bonchev–Trinajstić information content (AvgIpc) is 2.28. The van der Waals surface area contributed by atoms with Gasteiger partial charge in [0.1, 0.15) is 0 Å². The lowest BCUT2D eigenvalue weighted by Gasteiger charge is -2.08. The topological polar surface area (TPSA) is 26.0 Å². The molecule has 0 saturated heterocycles. The number of unbranched alkanes of at least 4 members (excludes halogenated alkanes) is 3. The van der Waals surface area contributed by atoms with Gasteiger partial charge in [0.2, 0.25) is 0 Å². The molecule has 0 aliphatic rings. The van der Waals surface area contributed by atoms with Gasteiger partial charge in [0, 0.05) is 0 Å². The highest BCUT2D eigenvalue weighted by molar-refractivity contribution is 5.25. The Balaban J connectivity index is 2.44. The quantitative estimate of drug-likeness (QED) is 0.758. The molecule has 0 radical (unpaired) electrons. The molecule has 1 aromatic rings. The predicted molar refractivity (Wildman–Crippen MR) is 62.7 cm³/mol. The molecule has 0 aromatic heterocycles. The molecule has 0 aliphatic carbocycles. The maximum absolute atomic E-state index is 12.4. The molecule has 0 bridgehead atoms. The molecule has 4 heteroatoms. The molecule has 17 heavy (non-hydrogen) atoms. The number of halogens is 3. The second kappa shape index (κ2) is 6.64. The Morgan fingerprint density at radius 1 is 1.00 bits per heavy atom. The van der Waals surface area contributed by atoms with Crippen LogP contribution in [0.4, 0.5) is 13.2 Å². The molecule has 0 heterocycles. The number of benzene rings is 1. The molecule has 0 unspecified atom stereocenters. The number of alkyl halides is 3. The summed E-state index contributed by atoms with van der Waals surface area (Å²) in [5, 5.41) is 0. The lowest BCUT2D eigenvalue weighted by Crippen LogP contribution is -2.05. The zero-order valence-corrected chi connectivity index (χ0v) is 9.76. The maximum Gasteiger partial charge on any atom is 0.416 e. The number of hydrogen-bond acceptors (Lipinski definition) is 1. The number of rotatable bonds is 6. The second-order valence-electron chi connectivity index (χ2n) is 4.15. The van der Waals surface area contributed by atoms with E-state index < -0.39 is 11.7 Å². The van der Waals surface area contributed by atoms with Gasteiger partial charge in [0.05, 0.1) is 5.56 Å². The molecule has 0 fully saturated rings. The first-order valence-corrected chi connectivity index (χ1v) is 5.90. The standard InChI is InChI=1S/C13H18F3N/c14-13(15,16)12-8-5-7-11(10-12)6-3-1-2-4-9-17/h5,7-8,10H,1-4,6,9,17H2. The SMILES string of the molecule is NCCCCCCc1cccc(C(F)(F)F)c1. The van der Waals surface area contributed by atoms with Crippen LogP contribution in [0.2, 0.25) is 0 Å². The van der Waals surface area contributed by atoms with Crippen molar-refractivity contribution in [3.63, 3.8) is 0 Å². The van der Waals surface area contributed by atoms with Crippen LogP contribution in [-0.2, 0) is 12.6 Å². The fraction of sp³-hybridized carbons (Fsp3) is 0.538. The number of nitrogens with two attached hydrogens (primary N) is 1. The van der Waals surface area contributed by atoms with E-state index >= 15 is 0 Å². The molecular weight excluding hydrogens is 227 g/mol. The van der Waals surface area contributed by atoms with Crippen molar-refractivity contribution < 1.29 is 13.2 Å². The van der Waals surface area contributed by atoms with E-state index in [1.807, 2.05) is 0 Å². The molecular formula is C13H18F3N. The monoisotopic (exact) mass is 245 g/mol. The van der Waals surface area contributed by atoms with Crippen LogP contribution in [0.5, 0.6) is 0 Å². The van der Waals surface area contributed by atoms with Gasteiger partial charge in [-0.2, -0.15) is 13.2 Å². The number of aryl methyl sites for hydroxylation is 1. The Labute approximate surface area is 99.8 Å². The summed E-state index contributed by atoms with van der Waals surface area (Å²) in [6.07, 6.45) is 0.441. The molecule has 96 valence electrons. The summed E-state index contributed by atoms with van der Waals surface area (Å²) in [5.41, 5.74) is 5.56. The van der Waals surface area contributed by atoms with E-state index in [9.17, 15) is 13.2 Å². The smallest absolute Gasteiger partial charge is 0.330 e. The lowest BCUT2D eigenvalue weighted by atomic mass is 10.0. The van der Waals surface area contributed by atoms with Crippen molar-refractivity contribution in [1.29, 1.82) is 0 Å². The molecule has 0 aliphatic heterocycles. The van der Waals surface area contributed by atoms with Crippen LogP contribution in [0.1, 0.15) is 36.8 Å². The molecule has 0 atom stereocenters. The molecule has 1 rings (SSSR count). The molecule has 1 aromatic carbocycles. The zero-order chi connectivity index (χ0) is 12.7. The minimum Gasteiger partial charge on any atom is -0.330 e. The Hall–Kier alpha value is -1.03. The highest BCUT2D eigenvalue weighted by atomic mass is 19.4. The average molecular weight is 245 g/mol. The highest BCUT2D eigenvalue weighted by Crippen LogP contribution is 2.29. The first-order chi connectivity index (χ1) is 8.04. The maximum atomic E-state index is 12.4. The summed E-state index contributed by atoms with van der Waals surface area (Å²) < 4.78 is 37.3. The highest BCUT2D eigenvalue weighted by Gasteiger charge is 2.30. The number of hydrogen-bond donors (Lipinski definition) is 1. The largest absolute Gasteiger partial charge is 0.416 e. The van der Waals surface area contributed by atoms with Crippen LogP contribution in [0.25, 0.3) is 0 Å². The van der Waals surface area contributed by atoms with Gasteiger partial charge in [-0.1, -0.05) is 31.0 Å². The van der Waals surface area contributed by atoms with Crippen LogP contribution in [0, 0.1) is 0 Å². The third-order valence-corrected chi connectivity index (χ3v) is 2.67. The van der Waals surface area contributed by atoms with E-state index in [-0.39, 0.29) is 0 Å². The third kappa shape index (κ3) is 5.22. The fourth-order valence-electron chi connectivity index (χ4n) is 1.73. The van der Waals surface area contributed by atoms with E-state index in [0.29, 0.717) is 13.0 Å². The Kier molecular flexibility index (Phi) is 5.48. The Morgan fingerprint density at radius 2 is 1.71 bits per heavy atom. The summed E-state index contributed by atoms with van der Waals surface area (Å²) in [4.78, 5) is 0. The van der Waals surface area contributed by atoms with Gasteiger partial charge in [-0.25, -0.2) is 0 Å². The van der Waals surface area contributed by atoms with E-state index in [1.54, 1.807) is 6.07 Å². The van der Waals surface area contributed by atoms with Crippen molar-refractivity contribution in [1.82, 2.24) is 0 Å². The molecule has 0 spiro atoms. The van der Waals surface area contributed by atoms with Crippen molar-refractivity contribution in [2.24, 2.45) is 5.73 Å². The van der Waals surface area contributed by atoms with Crippen molar-refractivity contribution in [3.05, 3.63) is 35.4 Å². The normalized spacial score (nSPS) is 11.8. The van der Waals surface area contributed by atoms with E-state index in [0.717, 1.165) is 37.3 Å². The zero-order valence-electron chi connectivity index (χ0n) is 9.76. The summed E-state index contributed by atoms with van der Waals surface area (Å²) in [6.45, 7) is 0.684. The molecule has 0 saturated carbocycles. The predicted octanol–water partition coefficient (Wildman–Crippen LogP) is 3.77. The van der Waals surface area contributed by atoms with Gasteiger partial charge in [0.15, 0.2) is 0 Å². The van der Waals surface area contributed by atoms with Gasteiger partial charge in [-0.15, -0.1) is 0 Å². The van der Waals surface area contributed by atoms with Gasteiger partial charge in [-0.05, 0) is 37.4 Å². The first-order valence-electron chi connectivity index (χ1n) is 5.90. The van der Waals surface area contributed by atoms with Crippen molar-refractivity contribution in [3.8, 4) is 0 Å². The minimum atomic E-state index is -4.24. The molecule has 2 N–H and O–H groups in total. The summed E-state index contributed by atoms with van der Waals surface area (Å²) in [6, 6.07) is 5.57. The first kappa shape index (κ1) is 14.0. The minimum absolute atomic E-state index is 0.558. The summed E-state index contributed by atoms with van der Waals surface area (Å²) >= 11 is 0. The van der Waals surface area contributed by atoms with Crippen LogP contribution < -0.4 is 5.73 Å². The van der Waals surface area contributed by atoms with Crippen LogP contribution in [0.15, 0.2) is 24.3 Å². The summed E-state index contributed by atoms with van der Waals surface area (Å²) in [5.74, 6) is 0. The van der Waals surface area contributed by atoms with Crippen LogP contribution in [-0.4, -0.2) is 6.54 Å². The van der Waals surface area contributed by atoms with Gasteiger partial charge < -0.3 is 5.73 Å². The van der Waals surface area contributed by atoms with Gasteiger partial charge in [0.25, 0.3) is 0 Å². The second-order valence-corrected chi connectivity index (χ2v) is 4.15. The van der Waals surface area contributed by atoms with Crippen molar-refractivity contribution in [2.75, 3.05) is 6.54 Å². The van der Waals surface area contributed by atoms with Crippen LogP contribution >= 0.6 is 0 Å².